The molecule has 0 spiro atoms. The van der Waals surface area contributed by atoms with Gasteiger partial charge < -0.3 is 10.5 Å². The van der Waals surface area contributed by atoms with Gasteiger partial charge in [-0.15, -0.1) is 0 Å². The summed E-state index contributed by atoms with van der Waals surface area (Å²) in [4.78, 5) is 2.52. The molecule has 1 aliphatic carbocycles. The summed E-state index contributed by atoms with van der Waals surface area (Å²) in [6.45, 7) is 8.87. The van der Waals surface area contributed by atoms with Crippen molar-refractivity contribution in [2.45, 2.75) is 77.1 Å². The van der Waals surface area contributed by atoms with E-state index < -0.39 is 5.72 Å². The van der Waals surface area contributed by atoms with Crippen molar-refractivity contribution in [3.05, 3.63) is 0 Å². The quantitative estimate of drug-likeness (QED) is 0.769. The Labute approximate surface area is 113 Å². The zero-order chi connectivity index (χ0) is 14.0. The maximum atomic E-state index is 6.14. The van der Waals surface area contributed by atoms with Gasteiger partial charge in [0.1, 0.15) is 5.72 Å². The molecule has 1 fully saturated rings. The number of hydrogen-bond donors (Lipinski definition) is 1. The molecule has 0 radical (unpaired) electrons. The van der Waals surface area contributed by atoms with Crippen molar-refractivity contribution in [3.8, 4) is 0 Å². The van der Waals surface area contributed by atoms with Crippen molar-refractivity contribution in [1.82, 2.24) is 4.90 Å². The molecule has 1 saturated carbocycles. The van der Waals surface area contributed by atoms with Crippen LogP contribution in [0.3, 0.4) is 0 Å². The SMILES string of the molecule is COC(C)(N)CC(C)(C)N(C)C1CCC(C)CC1. The van der Waals surface area contributed by atoms with Gasteiger partial charge in [0.15, 0.2) is 0 Å². The van der Waals surface area contributed by atoms with Crippen LogP contribution < -0.4 is 5.73 Å². The number of ether oxygens (including phenoxy) is 1. The van der Waals surface area contributed by atoms with Crippen LogP contribution in [0.4, 0.5) is 0 Å². The Hall–Kier alpha value is -0.120. The van der Waals surface area contributed by atoms with Crippen molar-refractivity contribution < 1.29 is 4.74 Å². The maximum absolute atomic E-state index is 6.14. The lowest BCUT2D eigenvalue weighted by atomic mass is 9.83. The number of nitrogens with zero attached hydrogens (tertiary/aromatic N) is 1. The molecule has 0 aromatic heterocycles. The number of rotatable bonds is 5. The van der Waals surface area contributed by atoms with Crippen LogP contribution in [0.5, 0.6) is 0 Å². The van der Waals surface area contributed by atoms with Gasteiger partial charge >= 0.3 is 0 Å². The molecule has 0 aromatic carbocycles. The normalized spacial score (nSPS) is 29.3. The fourth-order valence-corrected chi connectivity index (χ4v) is 3.18. The van der Waals surface area contributed by atoms with E-state index in [9.17, 15) is 0 Å². The molecular formula is C15H32N2O. The van der Waals surface area contributed by atoms with Crippen LogP contribution in [-0.2, 0) is 4.74 Å². The van der Waals surface area contributed by atoms with E-state index in [1.165, 1.54) is 25.7 Å². The van der Waals surface area contributed by atoms with Crippen molar-refractivity contribution in [3.63, 3.8) is 0 Å². The molecule has 1 rings (SSSR count). The smallest absolute Gasteiger partial charge is 0.115 e. The molecule has 0 bridgehead atoms. The summed E-state index contributed by atoms with van der Waals surface area (Å²) in [6, 6.07) is 0.698. The zero-order valence-electron chi connectivity index (χ0n) is 13.1. The Balaban J connectivity index is 2.61. The molecule has 1 aliphatic rings. The van der Waals surface area contributed by atoms with Crippen molar-refractivity contribution in [2.24, 2.45) is 11.7 Å². The van der Waals surface area contributed by atoms with Gasteiger partial charge in [0.2, 0.25) is 0 Å². The Kier molecular flexibility index (Phi) is 5.22. The summed E-state index contributed by atoms with van der Waals surface area (Å²) in [6.07, 6.45) is 6.19. The molecule has 18 heavy (non-hydrogen) atoms. The zero-order valence-corrected chi connectivity index (χ0v) is 13.1. The molecular weight excluding hydrogens is 224 g/mol. The van der Waals surface area contributed by atoms with Crippen LogP contribution in [0.2, 0.25) is 0 Å². The minimum Gasteiger partial charge on any atom is -0.364 e. The number of nitrogens with two attached hydrogens (primary N) is 1. The topological polar surface area (TPSA) is 38.5 Å². The van der Waals surface area contributed by atoms with E-state index in [2.05, 4.69) is 32.7 Å². The average Bonchev–Trinajstić information content (AvgIpc) is 2.28. The van der Waals surface area contributed by atoms with Crippen LogP contribution >= 0.6 is 0 Å². The third-order valence-electron chi connectivity index (χ3n) is 4.74. The van der Waals surface area contributed by atoms with E-state index in [-0.39, 0.29) is 5.54 Å². The monoisotopic (exact) mass is 256 g/mol. The highest BCUT2D eigenvalue weighted by Crippen LogP contribution is 2.33. The minimum absolute atomic E-state index is 0.0742. The van der Waals surface area contributed by atoms with Gasteiger partial charge in [-0.3, -0.25) is 4.90 Å². The summed E-state index contributed by atoms with van der Waals surface area (Å²) < 4.78 is 5.38. The molecule has 0 aliphatic heterocycles. The van der Waals surface area contributed by atoms with Crippen molar-refractivity contribution in [1.29, 1.82) is 0 Å². The average molecular weight is 256 g/mol. The second kappa shape index (κ2) is 5.89. The van der Waals surface area contributed by atoms with Gasteiger partial charge in [-0.1, -0.05) is 6.92 Å². The van der Waals surface area contributed by atoms with E-state index >= 15 is 0 Å². The Bertz CT molecular complexity index is 255. The first kappa shape index (κ1) is 15.9. The third-order valence-corrected chi connectivity index (χ3v) is 4.74. The lowest BCUT2D eigenvalue weighted by Crippen LogP contribution is -2.54. The standard InChI is InChI=1S/C15H32N2O/c1-12-7-9-13(10-8-12)17(5)14(2,3)11-15(4,16)18-6/h12-13H,7-11,16H2,1-6H3. The van der Waals surface area contributed by atoms with E-state index in [1.807, 2.05) is 6.92 Å². The Morgan fingerprint density at radius 3 is 2.11 bits per heavy atom. The van der Waals surface area contributed by atoms with E-state index in [4.69, 9.17) is 10.5 Å². The van der Waals surface area contributed by atoms with Gasteiger partial charge in [0.05, 0.1) is 0 Å². The summed E-state index contributed by atoms with van der Waals surface area (Å²) in [5, 5.41) is 0. The molecule has 1 unspecified atom stereocenters. The predicted molar refractivity (Wildman–Crippen MR) is 77.5 cm³/mol. The summed E-state index contributed by atoms with van der Waals surface area (Å²) >= 11 is 0. The molecule has 0 aromatic rings. The highest BCUT2D eigenvalue weighted by molar-refractivity contribution is 4.90. The Morgan fingerprint density at radius 1 is 1.17 bits per heavy atom. The van der Waals surface area contributed by atoms with Crippen LogP contribution in [0.15, 0.2) is 0 Å². The number of hydrogen-bond acceptors (Lipinski definition) is 3. The molecule has 1 atom stereocenters. The second-order valence-corrected chi connectivity index (χ2v) is 7.03. The van der Waals surface area contributed by atoms with Gasteiger partial charge in [0, 0.05) is 25.1 Å². The summed E-state index contributed by atoms with van der Waals surface area (Å²) in [5.41, 5.74) is 5.67. The van der Waals surface area contributed by atoms with Crippen LogP contribution in [0.25, 0.3) is 0 Å². The fourth-order valence-electron chi connectivity index (χ4n) is 3.18. The molecule has 0 heterocycles. The molecule has 108 valence electrons. The fraction of sp³-hybridized carbons (Fsp3) is 1.00. The molecule has 2 N–H and O–H groups in total. The summed E-state index contributed by atoms with van der Waals surface area (Å²) in [7, 11) is 3.94. The second-order valence-electron chi connectivity index (χ2n) is 7.03. The molecule has 3 heteroatoms. The molecule has 0 saturated heterocycles. The lowest BCUT2D eigenvalue weighted by Gasteiger charge is -2.46. The van der Waals surface area contributed by atoms with Gasteiger partial charge in [0.25, 0.3) is 0 Å². The lowest BCUT2D eigenvalue weighted by molar-refractivity contribution is -0.0471. The first-order chi connectivity index (χ1) is 8.18. The van der Waals surface area contributed by atoms with Crippen LogP contribution in [0, 0.1) is 5.92 Å². The van der Waals surface area contributed by atoms with Crippen molar-refractivity contribution in [2.75, 3.05) is 14.2 Å². The van der Waals surface area contributed by atoms with Gasteiger partial charge in [-0.05, 0) is 59.4 Å². The highest BCUT2D eigenvalue weighted by atomic mass is 16.5. The van der Waals surface area contributed by atoms with Crippen LogP contribution in [-0.4, -0.2) is 36.4 Å². The van der Waals surface area contributed by atoms with Crippen LogP contribution in [0.1, 0.15) is 59.8 Å². The first-order valence-corrected chi connectivity index (χ1v) is 7.25. The maximum Gasteiger partial charge on any atom is 0.115 e. The molecule has 0 amide bonds. The summed E-state index contributed by atoms with van der Waals surface area (Å²) in [5.74, 6) is 0.900. The Morgan fingerprint density at radius 2 is 1.67 bits per heavy atom. The molecule has 3 nitrogen and oxygen atoms in total. The first-order valence-electron chi connectivity index (χ1n) is 7.25. The van der Waals surface area contributed by atoms with E-state index in [0.29, 0.717) is 6.04 Å². The van der Waals surface area contributed by atoms with E-state index in [0.717, 1.165) is 12.3 Å². The van der Waals surface area contributed by atoms with Gasteiger partial charge in [-0.2, -0.15) is 0 Å². The minimum atomic E-state index is -0.542. The third kappa shape index (κ3) is 4.22. The largest absolute Gasteiger partial charge is 0.364 e. The van der Waals surface area contributed by atoms with Gasteiger partial charge in [-0.25, -0.2) is 0 Å². The predicted octanol–water partition coefficient (Wildman–Crippen LogP) is 2.99. The number of methoxy groups -OCH3 is 1. The highest BCUT2D eigenvalue weighted by Gasteiger charge is 2.36. The van der Waals surface area contributed by atoms with Crippen molar-refractivity contribution >= 4 is 0 Å². The van der Waals surface area contributed by atoms with E-state index in [1.54, 1.807) is 7.11 Å².